The zero-order valence-corrected chi connectivity index (χ0v) is 12.2. The summed E-state index contributed by atoms with van der Waals surface area (Å²) in [4.78, 5) is 4.49. The Morgan fingerprint density at radius 3 is 2.72 bits per heavy atom. The van der Waals surface area contributed by atoms with E-state index in [1.807, 2.05) is 31.2 Å². The number of halogens is 1. The van der Waals surface area contributed by atoms with E-state index in [2.05, 4.69) is 26.2 Å². The van der Waals surface area contributed by atoms with Crippen LogP contribution in [0, 0.1) is 6.92 Å². The Kier molecular flexibility index (Phi) is 3.93. The maximum absolute atomic E-state index is 5.50. The molecule has 1 aromatic heterocycles. The first-order chi connectivity index (χ1) is 8.58. The molecule has 2 rings (SSSR count). The Hall–Kier alpha value is -1.46. The molecule has 0 bridgehead atoms. The molecule has 0 atom stereocenters. The van der Waals surface area contributed by atoms with Crippen LogP contribution in [0.4, 0.5) is 11.4 Å². The summed E-state index contributed by atoms with van der Waals surface area (Å²) in [5, 5.41) is 3.30. The second-order valence-electron chi connectivity index (χ2n) is 3.83. The number of benzene rings is 1. The minimum absolute atomic E-state index is 0.306. The Morgan fingerprint density at radius 1 is 1.33 bits per heavy atom. The van der Waals surface area contributed by atoms with Crippen molar-refractivity contribution >= 4 is 44.5 Å². The van der Waals surface area contributed by atoms with Gasteiger partial charge >= 0.3 is 0 Å². The third kappa shape index (κ3) is 2.86. The number of nitrogens with zero attached hydrogens (tertiary/aromatic N) is 1. The second kappa shape index (κ2) is 5.46. The van der Waals surface area contributed by atoms with Gasteiger partial charge in [0.1, 0.15) is 4.99 Å². The van der Waals surface area contributed by atoms with Crippen molar-refractivity contribution in [2.75, 3.05) is 5.32 Å². The largest absolute Gasteiger partial charge is 0.388 e. The molecule has 18 heavy (non-hydrogen) atoms. The van der Waals surface area contributed by atoms with Crippen molar-refractivity contribution in [2.24, 2.45) is 5.73 Å². The monoisotopic (exact) mass is 321 g/mol. The van der Waals surface area contributed by atoms with Crippen LogP contribution in [0.25, 0.3) is 0 Å². The quantitative estimate of drug-likeness (QED) is 0.849. The molecule has 2 aromatic rings. The fourth-order valence-electron chi connectivity index (χ4n) is 1.51. The third-order valence-electron chi connectivity index (χ3n) is 2.56. The first-order valence-electron chi connectivity index (χ1n) is 5.36. The molecule has 92 valence electrons. The normalized spacial score (nSPS) is 10.1. The zero-order valence-electron chi connectivity index (χ0n) is 9.77. The van der Waals surface area contributed by atoms with Gasteiger partial charge in [0.15, 0.2) is 0 Å². The molecule has 0 saturated heterocycles. The van der Waals surface area contributed by atoms with E-state index in [4.69, 9.17) is 18.0 Å². The topological polar surface area (TPSA) is 50.9 Å². The highest BCUT2D eigenvalue weighted by atomic mass is 79.9. The van der Waals surface area contributed by atoms with Crippen molar-refractivity contribution in [3.05, 3.63) is 52.3 Å². The standard InChI is InChI=1S/C13H12BrN3S/c1-8-10(14)3-2-4-11(8)17-9-5-6-12(13(15)18)16-7-9/h2-7,17H,1H3,(H2,15,18). The van der Waals surface area contributed by atoms with Crippen molar-refractivity contribution in [2.45, 2.75) is 6.92 Å². The molecule has 0 spiro atoms. The number of rotatable bonds is 3. The molecule has 0 saturated carbocycles. The van der Waals surface area contributed by atoms with Crippen LogP contribution in [0.15, 0.2) is 41.0 Å². The molecule has 0 aliphatic rings. The van der Waals surface area contributed by atoms with Gasteiger partial charge in [0, 0.05) is 10.2 Å². The van der Waals surface area contributed by atoms with Crippen molar-refractivity contribution < 1.29 is 0 Å². The molecule has 3 nitrogen and oxygen atoms in total. The molecular formula is C13H12BrN3S. The summed E-state index contributed by atoms with van der Waals surface area (Å²) in [6, 6.07) is 9.71. The summed E-state index contributed by atoms with van der Waals surface area (Å²) in [7, 11) is 0. The van der Waals surface area contributed by atoms with Gasteiger partial charge in [-0.2, -0.15) is 0 Å². The van der Waals surface area contributed by atoms with E-state index in [9.17, 15) is 0 Å². The van der Waals surface area contributed by atoms with Crippen LogP contribution in [0.5, 0.6) is 0 Å². The lowest BCUT2D eigenvalue weighted by Gasteiger charge is -2.10. The smallest absolute Gasteiger partial charge is 0.122 e. The summed E-state index contributed by atoms with van der Waals surface area (Å²) in [6.07, 6.45) is 1.72. The Bertz CT molecular complexity index is 581. The Morgan fingerprint density at radius 2 is 2.11 bits per heavy atom. The average molecular weight is 322 g/mol. The summed E-state index contributed by atoms with van der Waals surface area (Å²) in [5.74, 6) is 0. The Labute approximate surface area is 120 Å². The maximum Gasteiger partial charge on any atom is 0.122 e. The van der Waals surface area contributed by atoms with E-state index in [0.717, 1.165) is 21.4 Å². The zero-order chi connectivity index (χ0) is 13.1. The summed E-state index contributed by atoms with van der Waals surface area (Å²) in [6.45, 7) is 2.04. The predicted molar refractivity (Wildman–Crippen MR) is 82.3 cm³/mol. The van der Waals surface area contributed by atoms with E-state index in [1.54, 1.807) is 12.3 Å². The van der Waals surface area contributed by atoms with E-state index in [0.29, 0.717) is 10.7 Å². The van der Waals surface area contributed by atoms with Gasteiger partial charge in [-0.05, 0) is 36.8 Å². The van der Waals surface area contributed by atoms with Crippen LogP contribution in [0.3, 0.4) is 0 Å². The van der Waals surface area contributed by atoms with Crippen molar-refractivity contribution in [1.82, 2.24) is 4.98 Å². The molecule has 0 aliphatic heterocycles. The number of thiocarbonyl (C=S) groups is 1. The highest BCUT2D eigenvalue weighted by Crippen LogP contribution is 2.26. The van der Waals surface area contributed by atoms with Crippen molar-refractivity contribution in [3.63, 3.8) is 0 Å². The van der Waals surface area contributed by atoms with Crippen LogP contribution >= 0.6 is 28.1 Å². The SMILES string of the molecule is Cc1c(Br)cccc1Nc1ccc(C(N)=S)nc1. The second-order valence-corrected chi connectivity index (χ2v) is 5.13. The molecular weight excluding hydrogens is 310 g/mol. The van der Waals surface area contributed by atoms with Gasteiger partial charge in [0.25, 0.3) is 0 Å². The summed E-state index contributed by atoms with van der Waals surface area (Å²) < 4.78 is 1.07. The summed E-state index contributed by atoms with van der Waals surface area (Å²) in [5.41, 5.74) is 9.21. The molecule has 1 aromatic carbocycles. The van der Waals surface area contributed by atoms with E-state index in [-0.39, 0.29) is 0 Å². The van der Waals surface area contributed by atoms with Crippen molar-refractivity contribution in [3.8, 4) is 0 Å². The molecule has 0 fully saturated rings. The molecule has 1 heterocycles. The van der Waals surface area contributed by atoms with Gasteiger partial charge in [-0.1, -0.05) is 34.2 Å². The first-order valence-corrected chi connectivity index (χ1v) is 6.56. The lowest BCUT2D eigenvalue weighted by atomic mass is 10.2. The number of nitrogens with one attached hydrogen (secondary N) is 1. The number of aromatic nitrogens is 1. The molecule has 0 amide bonds. The summed E-state index contributed by atoms with van der Waals surface area (Å²) >= 11 is 8.36. The minimum atomic E-state index is 0.306. The highest BCUT2D eigenvalue weighted by molar-refractivity contribution is 9.10. The number of pyridine rings is 1. The fraction of sp³-hybridized carbons (Fsp3) is 0.0769. The van der Waals surface area contributed by atoms with E-state index < -0.39 is 0 Å². The molecule has 0 radical (unpaired) electrons. The van der Waals surface area contributed by atoms with E-state index >= 15 is 0 Å². The first kappa shape index (κ1) is 13.0. The minimum Gasteiger partial charge on any atom is -0.388 e. The van der Waals surface area contributed by atoms with Gasteiger partial charge in [-0.3, -0.25) is 4.98 Å². The third-order valence-corrected chi connectivity index (χ3v) is 3.63. The lowest BCUT2D eigenvalue weighted by molar-refractivity contribution is 1.28. The Balaban J connectivity index is 2.24. The van der Waals surface area contributed by atoms with Crippen LogP contribution in [-0.4, -0.2) is 9.97 Å². The number of nitrogens with two attached hydrogens (primary N) is 1. The van der Waals surface area contributed by atoms with Crippen LogP contribution in [0.1, 0.15) is 11.3 Å². The van der Waals surface area contributed by atoms with Gasteiger partial charge in [0.2, 0.25) is 0 Å². The fourth-order valence-corrected chi connectivity index (χ4v) is 2.00. The van der Waals surface area contributed by atoms with Crippen LogP contribution < -0.4 is 11.1 Å². The van der Waals surface area contributed by atoms with E-state index in [1.165, 1.54) is 0 Å². The van der Waals surface area contributed by atoms with Crippen LogP contribution in [0.2, 0.25) is 0 Å². The van der Waals surface area contributed by atoms with Gasteiger partial charge in [-0.15, -0.1) is 0 Å². The van der Waals surface area contributed by atoms with Crippen LogP contribution in [-0.2, 0) is 0 Å². The average Bonchev–Trinajstić information content (AvgIpc) is 2.36. The number of hydrogen-bond donors (Lipinski definition) is 2. The lowest BCUT2D eigenvalue weighted by Crippen LogP contribution is -2.11. The molecule has 0 aliphatic carbocycles. The van der Waals surface area contributed by atoms with Gasteiger partial charge in [0.05, 0.1) is 17.6 Å². The van der Waals surface area contributed by atoms with Crippen molar-refractivity contribution in [1.29, 1.82) is 0 Å². The molecule has 5 heteroatoms. The maximum atomic E-state index is 5.50. The number of hydrogen-bond acceptors (Lipinski definition) is 3. The van der Waals surface area contributed by atoms with Gasteiger partial charge in [-0.25, -0.2) is 0 Å². The van der Waals surface area contributed by atoms with Gasteiger partial charge < -0.3 is 11.1 Å². The molecule has 3 N–H and O–H groups in total. The number of anilines is 2. The predicted octanol–water partition coefficient (Wildman–Crippen LogP) is 3.53. The highest BCUT2D eigenvalue weighted by Gasteiger charge is 2.03. The molecule has 0 unspecified atom stereocenters.